The lowest BCUT2D eigenvalue weighted by molar-refractivity contribution is -0.135. The number of aliphatic carboxylic acids is 1. The largest absolute Gasteiger partial charge is 0.480 e. The van der Waals surface area contributed by atoms with E-state index in [1.54, 1.807) is 0 Å². The van der Waals surface area contributed by atoms with Crippen LogP contribution in [0.4, 0.5) is 26.3 Å². The van der Waals surface area contributed by atoms with E-state index >= 15 is 0 Å². The normalized spacial score (nSPS) is 25.9. The van der Waals surface area contributed by atoms with Crippen LogP contribution in [-0.4, -0.2) is 41.6 Å². The number of allylic oxidation sites excluding steroid dienone is 2. The summed E-state index contributed by atoms with van der Waals surface area (Å²) in [6.45, 7) is -1.25. The third kappa shape index (κ3) is 3.23. The minimum absolute atomic E-state index is 1.25. The molecule has 0 spiro atoms. The minimum atomic E-state index is -4.01. The SMILES string of the molecule is NC(=C1C(=NCC(=O)O)C(F)(F)CCC1(F)F)C(F)F. The molecule has 1 rings (SSSR count). The second-order valence-electron chi connectivity index (χ2n) is 4.10. The fraction of sp³-hybridized carbons (Fsp3) is 0.600. The molecule has 10 heteroatoms. The molecule has 1 aliphatic carbocycles. The number of carboxylic acid groups (broad SMARTS) is 1. The van der Waals surface area contributed by atoms with Crippen molar-refractivity contribution in [2.24, 2.45) is 10.7 Å². The summed E-state index contributed by atoms with van der Waals surface area (Å²) < 4.78 is 79.1. The van der Waals surface area contributed by atoms with Crippen molar-refractivity contribution in [3.05, 3.63) is 11.3 Å². The van der Waals surface area contributed by atoms with Crippen molar-refractivity contribution in [2.45, 2.75) is 31.1 Å². The van der Waals surface area contributed by atoms with E-state index in [1.807, 2.05) is 0 Å². The first kappa shape index (κ1) is 16.3. The van der Waals surface area contributed by atoms with E-state index in [9.17, 15) is 31.1 Å². The molecular formula is C10H10F6N2O2. The molecule has 0 aromatic heterocycles. The Bertz CT molecular complexity index is 472. The summed E-state index contributed by atoms with van der Waals surface area (Å²) in [5.41, 5.74) is -0.410. The first-order valence-corrected chi connectivity index (χ1v) is 5.30. The van der Waals surface area contributed by atoms with Crippen molar-refractivity contribution >= 4 is 11.7 Å². The lowest BCUT2D eigenvalue weighted by Crippen LogP contribution is -2.46. The molecule has 0 unspecified atom stereocenters. The highest BCUT2D eigenvalue weighted by Crippen LogP contribution is 2.44. The van der Waals surface area contributed by atoms with Crippen molar-refractivity contribution < 1.29 is 36.2 Å². The maximum atomic E-state index is 13.6. The molecule has 0 aliphatic heterocycles. The van der Waals surface area contributed by atoms with Gasteiger partial charge in [0, 0.05) is 12.8 Å². The molecule has 0 amide bonds. The molecule has 0 aromatic carbocycles. The average Bonchev–Trinajstić information content (AvgIpc) is 2.29. The summed E-state index contributed by atoms with van der Waals surface area (Å²) in [7, 11) is 0. The number of halogens is 6. The number of alkyl halides is 6. The summed E-state index contributed by atoms with van der Waals surface area (Å²) in [6, 6.07) is 0. The lowest BCUT2D eigenvalue weighted by Gasteiger charge is -2.33. The van der Waals surface area contributed by atoms with Crippen LogP contribution in [0.25, 0.3) is 0 Å². The van der Waals surface area contributed by atoms with E-state index in [0.717, 1.165) is 0 Å². The highest BCUT2D eigenvalue weighted by atomic mass is 19.3. The van der Waals surface area contributed by atoms with Crippen LogP contribution >= 0.6 is 0 Å². The summed E-state index contributed by atoms with van der Waals surface area (Å²) in [6.07, 6.45) is -6.30. The Morgan fingerprint density at radius 1 is 1.25 bits per heavy atom. The molecule has 0 atom stereocenters. The fourth-order valence-electron chi connectivity index (χ4n) is 1.71. The van der Waals surface area contributed by atoms with Gasteiger partial charge in [0.25, 0.3) is 18.3 Å². The molecule has 114 valence electrons. The first-order valence-electron chi connectivity index (χ1n) is 5.30. The molecule has 1 aliphatic rings. The van der Waals surface area contributed by atoms with E-state index < -0.39 is 60.6 Å². The van der Waals surface area contributed by atoms with E-state index in [4.69, 9.17) is 10.8 Å². The van der Waals surface area contributed by atoms with Crippen molar-refractivity contribution in [1.82, 2.24) is 0 Å². The lowest BCUT2D eigenvalue weighted by atomic mass is 9.84. The molecule has 20 heavy (non-hydrogen) atoms. The minimum Gasteiger partial charge on any atom is -0.480 e. The number of carboxylic acids is 1. The predicted molar refractivity (Wildman–Crippen MR) is 56.3 cm³/mol. The molecule has 3 N–H and O–H groups in total. The quantitative estimate of drug-likeness (QED) is 0.784. The number of hydrogen-bond acceptors (Lipinski definition) is 3. The zero-order valence-corrected chi connectivity index (χ0v) is 9.85. The Morgan fingerprint density at radius 2 is 1.75 bits per heavy atom. The van der Waals surface area contributed by atoms with Crippen LogP contribution in [0.2, 0.25) is 0 Å². The van der Waals surface area contributed by atoms with Gasteiger partial charge in [0.05, 0.1) is 11.3 Å². The number of rotatable bonds is 3. The third-order valence-electron chi connectivity index (χ3n) is 2.60. The van der Waals surface area contributed by atoms with Crippen molar-refractivity contribution in [3.8, 4) is 0 Å². The Morgan fingerprint density at radius 3 is 2.20 bits per heavy atom. The fourth-order valence-corrected chi connectivity index (χ4v) is 1.71. The Balaban J connectivity index is 3.45. The average molecular weight is 304 g/mol. The molecule has 0 bridgehead atoms. The van der Waals surface area contributed by atoms with Gasteiger partial charge in [-0.05, 0) is 0 Å². The predicted octanol–water partition coefficient (Wildman–Crippen LogP) is 2.05. The molecule has 1 saturated carbocycles. The van der Waals surface area contributed by atoms with E-state index in [2.05, 4.69) is 4.99 Å². The van der Waals surface area contributed by atoms with E-state index in [0.29, 0.717) is 0 Å². The van der Waals surface area contributed by atoms with Crippen LogP contribution in [0.1, 0.15) is 12.8 Å². The second-order valence-corrected chi connectivity index (χ2v) is 4.10. The third-order valence-corrected chi connectivity index (χ3v) is 2.60. The molecule has 0 heterocycles. The molecule has 4 nitrogen and oxygen atoms in total. The van der Waals surface area contributed by atoms with Crippen molar-refractivity contribution in [3.63, 3.8) is 0 Å². The van der Waals surface area contributed by atoms with Gasteiger partial charge in [0.1, 0.15) is 12.3 Å². The van der Waals surface area contributed by atoms with Gasteiger partial charge in [-0.2, -0.15) is 8.78 Å². The van der Waals surface area contributed by atoms with Crippen molar-refractivity contribution in [1.29, 1.82) is 0 Å². The Labute approximate surface area is 109 Å². The second kappa shape index (κ2) is 5.33. The maximum absolute atomic E-state index is 13.6. The highest BCUT2D eigenvalue weighted by molar-refractivity contribution is 6.08. The summed E-state index contributed by atoms with van der Waals surface area (Å²) >= 11 is 0. The van der Waals surface area contributed by atoms with Gasteiger partial charge < -0.3 is 10.8 Å². The summed E-state index contributed by atoms with van der Waals surface area (Å²) in [5, 5.41) is 8.34. The number of hydrogen-bond donors (Lipinski definition) is 2. The van der Waals surface area contributed by atoms with Gasteiger partial charge in [-0.1, -0.05) is 0 Å². The van der Waals surface area contributed by atoms with Crippen LogP contribution in [0.15, 0.2) is 16.3 Å². The monoisotopic (exact) mass is 304 g/mol. The zero-order valence-electron chi connectivity index (χ0n) is 9.85. The van der Waals surface area contributed by atoms with Crippen LogP contribution in [0.3, 0.4) is 0 Å². The van der Waals surface area contributed by atoms with Crippen LogP contribution in [0, 0.1) is 0 Å². The maximum Gasteiger partial charge on any atom is 0.325 e. The van der Waals surface area contributed by atoms with Gasteiger partial charge in [-0.25, -0.2) is 17.6 Å². The topological polar surface area (TPSA) is 75.7 Å². The standard InChI is InChI=1S/C10H10F6N2O2/c11-8(12)6(17)5-7(18-3-4(19)20)10(15,16)2-1-9(5,13)14/h8H,1-3,17H2,(H,19,20). The van der Waals surface area contributed by atoms with Gasteiger partial charge >= 0.3 is 5.97 Å². The smallest absolute Gasteiger partial charge is 0.325 e. The van der Waals surface area contributed by atoms with Crippen LogP contribution < -0.4 is 5.73 Å². The van der Waals surface area contributed by atoms with Crippen molar-refractivity contribution in [2.75, 3.05) is 6.54 Å². The van der Waals surface area contributed by atoms with Gasteiger partial charge in [0.2, 0.25) is 0 Å². The number of carbonyl (C=O) groups is 1. The summed E-state index contributed by atoms with van der Waals surface area (Å²) in [4.78, 5) is 13.1. The number of nitrogens with two attached hydrogens (primary N) is 1. The number of aliphatic imine (C=N–C) groups is 1. The number of nitrogens with zero attached hydrogens (tertiary/aromatic N) is 1. The first-order chi connectivity index (χ1) is 8.99. The van der Waals surface area contributed by atoms with Crippen LogP contribution in [0.5, 0.6) is 0 Å². The van der Waals surface area contributed by atoms with Gasteiger partial charge in [0.15, 0.2) is 0 Å². The highest BCUT2D eigenvalue weighted by Gasteiger charge is 2.55. The van der Waals surface area contributed by atoms with E-state index in [-0.39, 0.29) is 0 Å². The Kier molecular flexibility index (Phi) is 4.35. The summed E-state index contributed by atoms with van der Waals surface area (Å²) in [5.74, 6) is -9.62. The molecular weight excluding hydrogens is 294 g/mol. The van der Waals surface area contributed by atoms with Gasteiger partial charge in [-0.15, -0.1) is 0 Å². The zero-order chi connectivity index (χ0) is 15.7. The Hall–Kier alpha value is -1.74. The van der Waals surface area contributed by atoms with Gasteiger partial charge in [-0.3, -0.25) is 9.79 Å². The molecule has 0 radical (unpaired) electrons. The van der Waals surface area contributed by atoms with E-state index in [1.165, 1.54) is 0 Å². The molecule has 0 saturated heterocycles. The molecule has 0 aromatic rings. The molecule has 1 fully saturated rings. The van der Waals surface area contributed by atoms with Crippen LogP contribution in [-0.2, 0) is 4.79 Å².